The summed E-state index contributed by atoms with van der Waals surface area (Å²) >= 11 is 0. The molecule has 0 unspecified atom stereocenters. The van der Waals surface area contributed by atoms with E-state index in [2.05, 4.69) is 62.6 Å². The molecule has 2 aromatic rings. The average Bonchev–Trinajstić information content (AvgIpc) is 2.66. The molecule has 0 saturated carbocycles. The van der Waals surface area contributed by atoms with Crippen LogP contribution in [0.5, 0.6) is 0 Å². The van der Waals surface area contributed by atoms with E-state index in [1.54, 1.807) is 24.3 Å². The van der Waals surface area contributed by atoms with E-state index in [1.165, 1.54) is 11.1 Å². The second kappa shape index (κ2) is 10.2. The Bertz CT molecular complexity index is 811. The molecule has 156 valence electrons. The van der Waals surface area contributed by atoms with E-state index < -0.39 is 5.91 Å². The first-order chi connectivity index (χ1) is 13.7. The summed E-state index contributed by atoms with van der Waals surface area (Å²) in [4.78, 5) is 23.8. The molecule has 0 aliphatic heterocycles. The summed E-state index contributed by atoms with van der Waals surface area (Å²) in [5, 5.41) is 5.03. The fourth-order valence-corrected chi connectivity index (χ4v) is 3.44. The molecule has 29 heavy (non-hydrogen) atoms. The van der Waals surface area contributed by atoms with Crippen LogP contribution in [0.1, 0.15) is 62.1 Å². The van der Waals surface area contributed by atoms with Crippen LogP contribution < -0.4 is 16.4 Å². The molecule has 0 fully saturated rings. The van der Waals surface area contributed by atoms with Crippen molar-refractivity contribution in [2.24, 2.45) is 17.6 Å². The third-order valence-electron chi connectivity index (χ3n) is 5.07. The smallest absolute Gasteiger partial charge is 0.282 e. The fourth-order valence-electron chi connectivity index (χ4n) is 3.44. The Kier molecular flexibility index (Phi) is 7.97. The van der Waals surface area contributed by atoms with Crippen molar-refractivity contribution in [2.75, 3.05) is 5.32 Å². The lowest BCUT2D eigenvalue weighted by Gasteiger charge is -2.23. The van der Waals surface area contributed by atoms with Crippen LogP contribution in [0.4, 0.5) is 5.69 Å². The van der Waals surface area contributed by atoms with Gasteiger partial charge in [-0.1, -0.05) is 52.0 Å². The molecule has 2 aromatic carbocycles. The van der Waals surface area contributed by atoms with Crippen LogP contribution in [-0.2, 0) is 11.2 Å². The molecule has 2 amide bonds. The molecule has 5 heteroatoms. The Labute approximate surface area is 174 Å². The number of hydrogen-bond acceptors (Lipinski definition) is 2. The number of rotatable bonds is 9. The minimum Gasteiger partial charge on any atom is -0.366 e. The number of quaternary nitrogens is 1. The van der Waals surface area contributed by atoms with E-state index >= 15 is 0 Å². The molecular weight excluding hydrogens is 362 g/mol. The van der Waals surface area contributed by atoms with Gasteiger partial charge in [0, 0.05) is 22.7 Å². The minimum absolute atomic E-state index is 0.0705. The van der Waals surface area contributed by atoms with Crippen molar-refractivity contribution in [3.05, 3.63) is 65.2 Å². The highest BCUT2D eigenvalue weighted by atomic mass is 16.2. The number of nitrogens with one attached hydrogen (secondary N) is 1. The number of amides is 2. The number of carbonyl (C=O) groups is 2. The summed E-state index contributed by atoms with van der Waals surface area (Å²) in [5.41, 5.74) is 8.90. The fraction of sp³-hybridized carbons (Fsp3) is 0.417. The van der Waals surface area contributed by atoms with Crippen molar-refractivity contribution < 1.29 is 14.9 Å². The number of primary amides is 1. The van der Waals surface area contributed by atoms with Crippen LogP contribution >= 0.6 is 0 Å². The molecule has 2 rings (SSSR count). The zero-order valence-electron chi connectivity index (χ0n) is 18.1. The van der Waals surface area contributed by atoms with E-state index in [9.17, 15) is 9.59 Å². The first-order valence-corrected chi connectivity index (χ1v) is 10.3. The minimum atomic E-state index is -0.483. The van der Waals surface area contributed by atoms with E-state index in [-0.39, 0.29) is 18.0 Å². The van der Waals surface area contributed by atoms with Gasteiger partial charge in [0.15, 0.2) is 6.04 Å². The van der Waals surface area contributed by atoms with E-state index in [1.807, 2.05) is 6.92 Å². The lowest BCUT2D eigenvalue weighted by Crippen LogP contribution is -2.93. The van der Waals surface area contributed by atoms with Crippen molar-refractivity contribution in [1.82, 2.24) is 0 Å². The summed E-state index contributed by atoms with van der Waals surface area (Å²) in [5.74, 6) is 0.466. The summed E-state index contributed by atoms with van der Waals surface area (Å²) < 4.78 is 0. The maximum Gasteiger partial charge on any atom is 0.282 e. The molecule has 0 bridgehead atoms. The summed E-state index contributed by atoms with van der Waals surface area (Å²) in [6.45, 7) is 10.7. The Balaban J connectivity index is 2.03. The van der Waals surface area contributed by atoms with Crippen LogP contribution in [-0.4, -0.2) is 17.9 Å². The van der Waals surface area contributed by atoms with Gasteiger partial charge in [0.25, 0.3) is 5.91 Å². The number of anilines is 1. The van der Waals surface area contributed by atoms with Crippen molar-refractivity contribution in [1.29, 1.82) is 0 Å². The molecule has 0 saturated heterocycles. The molecule has 5 N–H and O–H groups in total. The predicted octanol–water partition coefficient (Wildman–Crippen LogP) is 3.27. The number of hydrogen-bond donors (Lipinski definition) is 3. The van der Waals surface area contributed by atoms with Gasteiger partial charge in [-0.15, -0.1) is 0 Å². The van der Waals surface area contributed by atoms with Gasteiger partial charge in [-0.3, -0.25) is 9.59 Å². The standard InChI is InChI=1S/C24H33N3O2/c1-15(2)14-18-6-8-19(9-7-18)22(16(3)4)26-17(5)24(29)27-21-12-10-20(11-13-21)23(25)28/h6-13,15-17,22,26H,14H2,1-5H3,(H2,25,28)(H,27,29)/p+1/t17-,22+/m0/s1. The third-order valence-corrected chi connectivity index (χ3v) is 5.07. The maximum absolute atomic E-state index is 12.7. The Hall–Kier alpha value is -2.66. The zero-order valence-corrected chi connectivity index (χ0v) is 18.1. The molecule has 0 aromatic heterocycles. The Morgan fingerprint density at radius 1 is 0.931 bits per heavy atom. The molecular formula is C24H34N3O2+. The predicted molar refractivity (Wildman–Crippen MR) is 118 cm³/mol. The van der Waals surface area contributed by atoms with Gasteiger partial charge in [-0.05, 0) is 49.1 Å². The maximum atomic E-state index is 12.7. The van der Waals surface area contributed by atoms with Gasteiger partial charge in [0.05, 0.1) is 0 Å². The number of nitrogens with two attached hydrogens (primary N) is 2. The Morgan fingerprint density at radius 2 is 1.52 bits per heavy atom. The quantitative estimate of drug-likeness (QED) is 0.607. The summed E-state index contributed by atoms with van der Waals surface area (Å²) in [6.07, 6.45) is 1.07. The van der Waals surface area contributed by atoms with Crippen molar-refractivity contribution in [3.63, 3.8) is 0 Å². The third kappa shape index (κ3) is 6.71. The second-order valence-electron chi connectivity index (χ2n) is 8.52. The average molecular weight is 397 g/mol. The van der Waals surface area contributed by atoms with Gasteiger partial charge in [0.2, 0.25) is 5.91 Å². The molecule has 0 aliphatic carbocycles. The molecule has 2 atom stereocenters. The van der Waals surface area contributed by atoms with Gasteiger partial charge in [0.1, 0.15) is 6.04 Å². The zero-order chi connectivity index (χ0) is 21.6. The van der Waals surface area contributed by atoms with E-state index in [4.69, 9.17) is 5.73 Å². The van der Waals surface area contributed by atoms with Gasteiger partial charge >= 0.3 is 0 Å². The van der Waals surface area contributed by atoms with Gasteiger partial charge in [-0.25, -0.2) is 0 Å². The van der Waals surface area contributed by atoms with E-state index in [0.29, 0.717) is 23.1 Å². The largest absolute Gasteiger partial charge is 0.366 e. The molecule has 0 radical (unpaired) electrons. The topological polar surface area (TPSA) is 88.8 Å². The van der Waals surface area contributed by atoms with Gasteiger partial charge < -0.3 is 16.4 Å². The number of carbonyl (C=O) groups excluding carboxylic acids is 2. The second-order valence-corrected chi connectivity index (χ2v) is 8.52. The lowest BCUT2D eigenvalue weighted by atomic mass is 9.93. The molecule has 5 nitrogen and oxygen atoms in total. The normalized spacial score (nSPS) is 13.3. The van der Waals surface area contributed by atoms with Crippen molar-refractivity contribution in [3.8, 4) is 0 Å². The highest BCUT2D eigenvalue weighted by molar-refractivity contribution is 5.95. The van der Waals surface area contributed by atoms with Crippen LogP contribution in [0.3, 0.4) is 0 Å². The van der Waals surface area contributed by atoms with Crippen molar-refractivity contribution >= 4 is 17.5 Å². The molecule has 0 spiro atoms. The van der Waals surface area contributed by atoms with E-state index in [0.717, 1.165) is 6.42 Å². The van der Waals surface area contributed by atoms with Crippen molar-refractivity contribution in [2.45, 2.75) is 53.1 Å². The van der Waals surface area contributed by atoms with Crippen LogP contribution in [0.2, 0.25) is 0 Å². The lowest BCUT2D eigenvalue weighted by molar-refractivity contribution is -0.718. The summed E-state index contributed by atoms with van der Waals surface area (Å²) in [7, 11) is 0. The summed E-state index contributed by atoms with van der Waals surface area (Å²) in [6, 6.07) is 15.3. The molecule has 0 heterocycles. The Morgan fingerprint density at radius 3 is 2.00 bits per heavy atom. The monoisotopic (exact) mass is 396 g/mol. The first-order valence-electron chi connectivity index (χ1n) is 10.3. The van der Waals surface area contributed by atoms with Crippen LogP contribution in [0.15, 0.2) is 48.5 Å². The van der Waals surface area contributed by atoms with Crippen LogP contribution in [0.25, 0.3) is 0 Å². The first kappa shape index (κ1) is 22.6. The highest BCUT2D eigenvalue weighted by Gasteiger charge is 2.26. The SMILES string of the molecule is CC(C)Cc1ccc([C@H]([NH2+][C@@H](C)C(=O)Nc2ccc(C(N)=O)cc2)C(C)C)cc1. The van der Waals surface area contributed by atoms with Gasteiger partial charge in [-0.2, -0.15) is 0 Å². The number of benzene rings is 2. The molecule has 0 aliphatic rings. The van der Waals surface area contributed by atoms with Crippen LogP contribution in [0, 0.1) is 11.8 Å². The highest BCUT2D eigenvalue weighted by Crippen LogP contribution is 2.20.